The Bertz CT molecular complexity index is 556. The molecule has 5 nitrogen and oxygen atoms in total. The van der Waals surface area contributed by atoms with Crippen molar-refractivity contribution < 1.29 is 13.2 Å². The lowest BCUT2D eigenvalue weighted by Crippen LogP contribution is -2.37. The molecule has 1 unspecified atom stereocenters. The number of benzene rings is 1. The number of Topliss-reactive ketones (excluding diaryl/α,β-unsaturated/α-hetero) is 1. The molecule has 120 valence electrons. The Morgan fingerprint density at radius 1 is 1.14 bits per heavy atom. The summed E-state index contributed by atoms with van der Waals surface area (Å²) in [5, 5.41) is 2.95. The van der Waals surface area contributed by atoms with E-state index in [4.69, 9.17) is 0 Å². The topological polar surface area (TPSA) is 75.3 Å². The quantitative estimate of drug-likeness (QED) is 0.746. The molecule has 0 heterocycles. The lowest BCUT2D eigenvalue weighted by Gasteiger charge is -2.12. The van der Waals surface area contributed by atoms with Crippen LogP contribution in [-0.2, 0) is 10.0 Å². The Kier molecular flexibility index (Phi) is 8.10. The van der Waals surface area contributed by atoms with Gasteiger partial charge in [0.15, 0.2) is 5.78 Å². The van der Waals surface area contributed by atoms with Crippen molar-refractivity contribution in [1.82, 2.24) is 10.0 Å². The van der Waals surface area contributed by atoms with Crippen molar-refractivity contribution in [2.45, 2.75) is 31.7 Å². The monoisotopic (exact) mass is 334 g/mol. The minimum Gasteiger partial charge on any atom is -0.316 e. The molecule has 0 spiro atoms. The van der Waals surface area contributed by atoms with Crippen molar-refractivity contribution in [2.24, 2.45) is 5.92 Å². The van der Waals surface area contributed by atoms with E-state index in [-0.39, 0.29) is 35.0 Å². The highest BCUT2D eigenvalue weighted by atomic mass is 35.5. The van der Waals surface area contributed by atoms with Gasteiger partial charge in [0.05, 0.1) is 4.90 Å². The molecule has 0 aliphatic carbocycles. The van der Waals surface area contributed by atoms with Gasteiger partial charge in [-0.15, -0.1) is 12.4 Å². The number of ketones is 1. The van der Waals surface area contributed by atoms with Crippen LogP contribution in [0.2, 0.25) is 0 Å². The van der Waals surface area contributed by atoms with Crippen LogP contribution in [0.3, 0.4) is 0 Å². The van der Waals surface area contributed by atoms with Crippen molar-refractivity contribution in [3.63, 3.8) is 0 Å². The van der Waals surface area contributed by atoms with Gasteiger partial charge in [-0.05, 0) is 26.1 Å². The fraction of sp³-hybridized carbons (Fsp3) is 0.500. The molecular formula is C14H23ClN2O3S. The number of carbonyl (C=O) groups is 1. The molecule has 7 heteroatoms. The van der Waals surface area contributed by atoms with Crippen LogP contribution in [-0.4, -0.2) is 33.8 Å². The maximum atomic E-state index is 12.0. The molecule has 0 aliphatic rings. The van der Waals surface area contributed by atoms with E-state index in [1.165, 1.54) is 12.1 Å². The van der Waals surface area contributed by atoms with Crippen molar-refractivity contribution in [2.75, 3.05) is 13.6 Å². The van der Waals surface area contributed by atoms with Gasteiger partial charge in [0, 0.05) is 24.1 Å². The lowest BCUT2D eigenvalue weighted by molar-refractivity contribution is 0.0939. The van der Waals surface area contributed by atoms with Gasteiger partial charge in [-0.3, -0.25) is 4.79 Å². The van der Waals surface area contributed by atoms with E-state index in [1.807, 2.05) is 20.8 Å². The summed E-state index contributed by atoms with van der Waals surface area (Å²) in [5.41, 5.74) is 0.530. The number of hydrogen-bond donors (Lipinski definition) is 2. The van der Waals surface area contributed by atoms with E-state index >= 15 is 0 Å². The minimum absolute atomic E-state index is 0. The standard InChI is InChI=1S/C14H22N2O3S.ClH/c1-10(2)14(17)12-5-7-13(8-6-12)20(18,19)16-9-11(3)15-4;/h5-8,10-11,15-16H,9H2,1-4H3;1H. The summed E-state index contributed by atoms with van der Waals surface area (Å²) >= 11 is 0. The molecule has 1 rings (SSSR count). The van der Waals surface area contributed by atoms with E-state index in [9.17, 15) is 13.2 Å². The fourth-order valence-electron chi connectivity index (χ4n) is 1.55. The Hall–Kier alpha value is -0.950. The molecular weight excluding hydrogens is 312 g/mol. The van der Waals surface area contributed by atoms with Crippen LogP contribution in [0.15, 0.2) is 29.2 Å². The fourth-order valence-corrected chi connectivity index (χ4v) is 2.68. The maximum Gasteiger partial charge on any atom is 0.240 e. The van der Waals surface area contributed by atoms with Gasteiger partial charge in [-0.25, -0.2) is 13.1 Å². The van der Waals surface area contributed by atoms with Gasteiger partial charge in [-0.1, -0.05) is 26.0 Å². The molecule has 0 fully saturated rings. The normalized spacial score (nSPS) is 12.8. The summed E-state index contributed by atoms with van der Waals surface area (Å²) in [5.74, 6) is -0.0993. The predicted molar refractivity (Wildman–Crippen MR) is 86.6 cm³/mol. The van der Waals surface area contributed by atoms with E-state index in [1.54, 1.807) is 19.2 Å². The second-order valence-electron chi connectivity index (χ2n) is 5.08. The van der Waals surface area contributed by atoms with E-state index in [2.05, 4.69) is 10.0 Å². The SMILES string of the molecule is CNC(C)CNS(=O)(=O)c1ccc(C(=O)C(C)C)cc1.Cl. The first-order chi connectivity index (χ1) is 9.27. The number of hydrogen-bond acceptors (Lipinski definition) is 4. The molecule has 0 saturated carbocycles. The van der Waals surface area contributed by atoms with Crippen LogP contribution in [0.5, 0.6) is 0 Å². The zero-order valence-electron chi connectivity index (χ0n) is 12.7. The smallest absolute Gasteiger partial charge is 0.240 e. The number of carbonyl (C=O) groups excluding carboxylic acids is 1. The largest absolute Gasteiger partial charge is 0.316 e. The highest BCUT2D eigenvalue weighted by molar-refractivity contribution is 7.89. The Morgan fingerprint density at radius 3 is 2.10 bits per heavy atom. The molecule has 2 N–H and O–H groups in total. The summed E-state index contributed by atoms with van der Waals surface area (Å²) in [6.45, 7) is 5.82. The summed E-state index contributed by atoms with van der Waals surface area (Å²) in [6, 6.07) is 6.08. The van der Waals surface area contributed by atoms with Gasteiger partial charge in [0.25, 0.3) is 0 Å². The lowest BCUT2D eigenvalue weighted by atomic mass is 10.0. The van der Waals surface area contributed by atoms with Crippen LogP contribution >= 0.6 is 12.4 Å². The van der Waals surface area contributed by atoms with Crippen LogP contribution in [0.4, 0.5) is 0 Å². The summed E-state index contributed by atoms with van der Waals surface area (Å²) in [7, 11) is -1.76. The molecule has 0 aromatic heterocycles. The van der Waals surface area contributed by atoms with Crippen LogP contribution < -0.4 is 10.0 Å². The molecule has 1 atom stereocenters. The molecule has 0 amide bonds. The van der Waals surface area contributed by atoms with E-state index in [0.717, 1.165) is 0 Å². The van der Waals surface area contributed by atoms with Gasteiger partial charge >= 0.3 is 0 Å². The first-order valence-electron chi connectivity index (χ1n) is 6.59. The highest BCUT2D eigenvalue weighted by Crippen LogP contribution is 2.13. The van der Waals surface area contributed by atoms with E-state index < -0.39 is 10.0 Å². The molecule has 0 saturated heterocycles. The number of nitrogens with one attached hydrogen (secondary N) is 2. The average Bonchev–Trinajstić information content (AvgIpc) is 2.44. The Balaban J connectivity index is 0.00000400. The average molecular weight is 335 g/mol. The third-order valence-corrected chi connectivity index (χ3v) is 4.49. The van der Waals surface area contributed by atoms with Crippen molar-refractivity contribution in [3.05, 3.63) is 29.8 Å². The summed E-state index contributed by atoms with van der Waals surface area (Å²) in [6.07, 6.45) is 0. The maximum absolute atomic E-state index is 12.0. The molecule has 21 heavy (non-hydrogen) atoms. The van der Waals surface area contributed by atoms with Gasteiger partial charge in [0.1, 0.15) is 0 Å². The molecule has 0 bridgehead atoms. The summed E-state index contributed by atoms with van der Waals surface area (Å²) in [4.78, 5) is 12.0. The summed E-state index contributed by atoms with van der Waals surface area (Å²) < 4.78 is 26.6. The molecule has 0 aliphatic heterocycles. The zero-order valence-corrected chi connectivity index (χ0v) is 14.3. The van der Waals surface area contributed by atoms with Gasteiger partial charge in [-0.2, -0.15) is 0 Å². The van der Waals surface area contributed by atoms with Crippen molar-refractivity contribution >= 4 is 28.2 Å². The Labute approximate surface area is 133 Å². The molecule has 1 aromatic rings. The predicted octanol–water partition coefficient (Wildman–Crippen LogP) is 1.83. The third kappa shape index (κ3) is 5.74. The first-order valence-corrected chi connectivity index (χ1v) is 8.07. The zero-order chi connectivity index (χ0) is 15.3. The van der Waals surface area contributed by atoms with Crippen LogP contribution in [0.25, 0.3) is 0 Å². The minimum atomic E-state index is -3.53. The molecule has 0 radical (unpaired) electrons. The number of sulfonamides is 1. The second kappa shape index (κ2) is 8.48. The number of halogens is 1. The van der Waals surface area contributed by atoms with Crippen molar-refractivity contribution in [1.29, 1.82) is 0 Å². The van der Waals surface area contributed by atoms with E-state index in [0.29, 0.717) is 12.1 Å². The third-order valence-electron chi connectivity index (χ3n) is 3.05. The Morgan fingerprint density at radius 2 is 1.67 bits per heavy atom. The highest BCUT2D eigenvalue weighted by Gasteiger charge is 2.16. The number of rotatable bonds is 7. The number of likely N-dealkylation sites (N-methyl/N-ethyl adjacent to an activating group) is 1. The van der Waals surface area contributed by atoms with Gasteiger partial charge < -0.3 is 5.32 Å². The van der Waals surface area contributed by atoms with Gasteiger partial charge in [0.2, 0.25) is 10.0 Å². The van der Waals surface area contributed by atoms with Crippen LogP contribution in [0.1, 0.15) is 31.1 Å². The van der Waals surface area contributed by atoms with Crippen LogP contribution in [0, 0.1) is 5.92 Å². The van der Waals surface area contributed by atoms with Crippen molar-refractivity contribution in [3.8, 4) is 0 Å². The second-order valence-corrected chi connectivity index (χ2v) is 6.85. The molecule has 1 aromatic carbocycles. The first kappa shape index (κ1) is 20.1.